The van der Waals surface area contributed by atoms with Gasteiger partial charge in [-0.3, -0.25) is 4.68 Å². The van der Waals surface area contributed by atoms with Crippen molar-refractivity contribution in [2.45, 2.75) is 19.9 Å². The Bertz CT molecular complexity index is 546. The van der Waals surface area contributed by atoms with E-state index in [0.717, 1.165) is 17.0 Å². The van der Waals surface area contributed by atoms with Gasteiger partial charge in [-0.1, -0.05) is 12.1 Å². The number of nitrogens with zero attached hydrogens (tertiary/aromatic N) is 2. The van der Waals surface area contributed by atoms with Crippen molar-refractivity contribution in [3.63, 3.8) is 0 Å². The second-order valence-corrected chi connectivity index (χ2v) is 4.32. The molecule has 0 saturated carbocycles. The van der Waals surface area contributed by atoms with Gasteiger partial charge in [0.25, 0.3) is 0 Å². The van der Waals surface area contributed by atoms with E-state index >= 15 is 0 Å². The molecule has 2 aromatic rings. The molecular formula is C13H16FN3. The fourth-order valence-corrected chi connectivity index (χ4v) is 1.95. The van der Waals surface area contributed by atoms with E-state index < -0.39 is 0 Å². The molecule has 2 rings (SSSR count). The van der Waals surface area contributed by atoms with Crippen molar-refractivity contribution in [2.75, 3.05) is 0 Å². The number of aryl methyl sites for hydroxylation is 3. The van der Waals surface area contributed by atoms with E-state index in [4.69, 9.17) is 5.73 Å². The highest BCUT2D eigenvalue weighted by Gasteiger charge is 2.14. The minimum absolute atomic E-state index is 0.206. The third-order valence-electron chi connectivity index (χ3n) is 2.90. The second-order valence-electron chi connectivity index (χ2n) is 4.32. The molecule has 1 aromatic heterocycles. The number of hydrogen-bond donors (Lipinski definition) is 1. The Balaban J connectivity index is 2.40. The van der Waals surface area contributed by atoms with Crippen LogP contribution in [0.15, 0.2) is 24.3 Å². The van der Waals surface area contributed by atoms with E-state index in [1.54, 1.807) is 23.7 Å². The van der Waals surface area contributed by atoms with Gasteiger partial charge in [-0.05, 0) is 37.1 Å². The van der Waals surface area contributed by atoms with Crippen LogP contribution < -0.4 is 5.73 Å². The van der Waals surface area contributed by atoms with Gasteiger partial charge in [-0.2, -0.15) is 5.10 Å². The molecule has 1 atom stereocenters. The molecule has 0 aliphatic carbocycles. The molecule has 1 unspecified atom stereocenters. The highest BCUT2D eigenvalue weighted by Crippen LogP contribution is 2.21. The Kier molecular flexibility index (Phi) is 2.98. The lowest BCUT2D eigenvalue weighted by Gasteiger charge is -2.13. The van der Waals surface area contributed by atoms with E-state index in [9.17, 15) is 4.39 Å². The Morgan fingerprint density at radius 3 is 2.53 bits per heavy atom. The van der Waals surface area contributed by atoms with E-state index in [1.807, 2.05) is 20.0 Å². The lowest BCUT2D eigenvalue weighted by Crippen LogP contribution is -2.16. The van der Waals surface area contributed by atoms with Gasteiger partial charge in [0.15, 0.2) is 0 Å². The third kappa shape index (κ3) is 2.22. The predicted octanol–water partition coefficient (Wildman–Crippen LogP) is 2.22. The molecule has 2 N–H and O–H groups in total. The minimum atomic E-state index is -0.277. The summed E-state index contributed by atoms with van der Waals surface area (Å²) < 4.78 is 15.0. The fourth-order valence-electron chi connectivity index (χ4n) is 1.95. The number of halogens is 1. The lowest BCUT2D eigenvalue weighted by atomic mass is 10.0. The zero-order valence-corrected chi connectivity index (χ0v) is 10.2. The average molecular weight is 233 g/mol. The summed E-state index contributed by atoms with van der Waals surface area (Å²) in [6.07, 6.45) is 0. The van der Waals surface area contributed by atoms with Gasteiger partial charge in [0, 0.05) is 7.05 Å². The average Bonchev–Trinajstić information content (AvgIpc) is 2.61. The van der Waals surface area contributed by atoms with Crippen molar-refractivity contribution in [1.82, 2.24) is 9.78 Å². The van der Waals surface area contributed by atoms with E-state index in [1.165, 1.54) is 6.07 Å². The zero-order chi connectivity index (χ0) is 12.6. The molecule has 0 amide bonds. The second kappa shape index (κ2) is 4.30. The van der Waals surface area contributed by atoms with Crippen LogP contribution in [0.1, 0.15) is 28.6 Å². The summed E-state index contributed by atoms with van der Waals surface area (Å²) in [5.74, 6) is -0.206. The van der Waals surface area contributed by atoms with Crippen molar-refractivity contribution >= 4 is 0 Å². The first-order valence-electron chi connectivity index (χ1n) is 5.51. The van der Waals surface area contributed by atoms with Crippen LogP contribution in [0.3, 0.4) is 0 Å². The minimum Gasteiger partial charge on any atom is -0.319 e. The smallest absolute Gasteiger partial charge is 0.126 e. The maximum atomic E-state index is 13.2. The standard InChI is InChI=1S/C13H16FN3/c1-8-6-10(4-5-11(8)14)13(15)12-7-9(2)16-17(12)3/h4-7,13H,15H2,1-3H3. The molecule has 3 nitrogen and oxygen atoms in total. The summed E-state index contributed by atoms with van der Waals surface area (Å²) in [4.78, 5) is 0. The van der Waals surface area contributed by atoms with Crippen molar-refractivity contribution < 1.29 is 4.39 Å². The van der Waals surface area contributed by atoms with Crippen LogP contribution >= 0.6 is 0 Å². The lowest BCUT2D eigenvalue weighted by molar-refractivity contribution is 0.615. The molecule has 0 saturated heterocycles. The van der Waals surface area contributed by atoms with Crippen molar-refractivity contribution in [1.29, 1.82) is 0 Å². The number of aromatic nitrogens is 2. The van der Waals surface area contributed by atoms with Crippen molar-refractivity contribution in [3.8, 4) is 0 Å². The summed E-state index contributed by atoms with van der Waals surface area (Å²) in [6.45, 7) is 3.66. The Labute approximate surface area is 100 Å². The quantitative estimate of drug-likeness (QED) is 0.864. The largest absolute Gasteiger partial charge is 0.319 e. The van der Waals surface area contributed by atoms with E-state index in [2.05, 4.69) is 5.10 Å². The molecule has 0 aliphatic heterocycles. The number of nitrogens with two attached hydrogens (primary N) is 1. The van der Waals surface area contributed by atoms with E-state index in [-0.39, 0.29) is 11.9 Å². The van der Waals surface area contributed by atoms with Crippen LogP contribution in [0.2, 0.25) is 0 Å². The zero-order valence-electron chi connectivity index (χ0n) is 10.2. The number of benzene rings is 1. The van der Waals surface area contributed by atoms with Gasteiger partial charge in [0.1, 0.15) is 5.82 Å². The van der Waals surface area contributed by atoms with Crippen LogP contribution in [0.25, 0.3) is 0 Å². The summed E-state index contributed by atoms with van der Waals surface area (Å²) in [5.41, 5.74) is 9.52. The summed E-state index contributed by atoms with van der Waals surface area (Å²) >= 11 is 0. The van der Waals surface area contributed by atoms with Crippen LogP contribution in [0.5, 0.6) is 0 Å². The molecular weight excluding hydrogens is 217 g/mol. The highest BCUT2D eigenvalue weighted by molar-refractivity contribution is 5.32. The topological polar surface area (TPSA) is 43.8 Å². The molecule has 17 heavy (non-hydrogen) atoms. The molecule has 0 aliphatic rings. The van der Waals surface area contributed by atoms with Crippen LogP contribution in [-0.2, 0) is 7.05 Å². The molecule has 0 fully saturated rings. The number of hydrogen-bond acceptors (Lipinski definition) is 2. The molecule has 4 heteroatoms. The summed E-state index contributed by atoms with van der Waals surface area (Å²) in [7, 11) is 1.86. The molecule has 0 bridgehead atoms. The molecule has 0 radical (unpaired) electrons. The van der Waals surface area contributed by atoms with Gasteiger partial charge in [0.2, 0.25) is 0 Å². The summed E-state index contributed by atoms with van der Waals surface area (Å²) in [5, 5.41) is 4.26. The van der Waals surface area contributed by atoms with Crippen LogP contribution in [-0.4, -0.2) is 9.78 Å². The summed E-state index contributed by atoms with van der Waals surface area (Å²) in [6, 6.07) is 6.62. The van der Waals surface area contributed by atoms with Crippen LogP contribution in [0.4, 0.5) is 4.39 Å². The monoisotopic (exact) mass is 233 g/mol. The molecule has 0 spiro atoms. The van der Waals surface area contributed by atoms with Crippen LogP contribution in [0, 0.1) is 19.7 Å². The van der Waals surface area contributed by atoms with E-state index in [0.29, 0.717) is 5.56 Å². The Morgan fingerprint density at radius 2 is 2.00 bits per heavy atom. The normalized spacial score (nSPS) is 12.8. The molecule has 1 heterocycles. The molecule has 90 valence electrons. The number of rotatable bonds is 2. The van der Waals surface area contributed by atoms with Gasteiger partial charge in [-0.15, -0.1) is 0 Å². The predicted molar refractivity (Wildman–Crippen MR) is 65.1 cm³/mol. The Morgan fingerprint density at radius 1 is 1.29 bits per heavy atom. The van der Waals surface area contributed by atoms with Gasteiger partial charge < -0.3 is 5.73 Å². The maximum Gasteiger partial charge on any atom is 0.126 e. The first-order valence-corrected chi connectivity index (χ1v) is 5.51. The third-order valence-corrected chi connectivity index (χ3v) is 2.90. The Hall–Kier alpha value is -1.68. The van der Waals surface area contributed by atoms with Crippen molar-refractivity contribution in [2.24, 2.45) is 12.8 Å². The van der Waals surface area contributed by atoms with Gasteiger partial charge in [-0.25, -0.2) is 4.39 Å². The fraction of sp³-hybridized carbons (Fsp3) is 0.308. The maximum absolute atomic E-state index is 13.2. The van der Waals surface area contributed by atoms with Gasteiger partial charge >= 0.3 is 0 Å². The SMILES string of the molecule is Cc1cc(C(N)c2ccc(F)c(C)c2)n(C)n1. The highest BCUT2D eigenvalue weighted by atomic mass is 19.1. The van der Waals surface area contributed by atoms with Gasteiger partial charge in [0.05, 0.1) is 17.4 Å². The molecule has 1 aromatic carbocycles. The first-order chi connectivity index (χ1) is 7.99. The first kappa shape index (κ1) is 11.8. The van der Waals surface area contributed by atoms with Crippen molar-refractivity contribution in [3.05, 3.63) is 52.6 Å².